The third-order valence-corrected chi connectivity index (χ3v) is 2.79. The number of Topliss-reactive ketones (excluding diaryl/α,β-unsaturated/α-hetero) is 1. The van der Waals surface area contributed by atoms with E-state index in [0.29, 0.717) is 4.48 Å². The number of ether oxygens (including phenoxy) is 1. The Balaban J connectivity index is 2.86. The summed E-state index contributed by atoms with van der Waals surface area (Å²) in [6, 6.07) is 7.55. The van der Waals surface area contributed by atoms with Crippen LogP contribution >= 0.6 is 15.9 Å². The van der Waals surface area contributed by atoms with Gasteiger partial charge in [0, 0.05) is 5.92 Å². The number of carbonyl (C=O) groups is 1. The van der Waals surface area contributed by atoms with Crippen LogP contribution in [-0.2, 0) is 4.79 Å². The third-order valence-electron chi connectivity index (χ3n) is 2.17. The molecule has 2 nitrogen and oxygen atoms in total. The summed E-state index contributed by atoms with van der Waals surface area (Å²) in [6.07, 6.45) is 1.82. The number of halogens is 1. The molecule has 1 rings (SSSR count). The van der Waals surface area contributed by atoms with Crippen LogP contribution < -0.4 is 4.74 Å². The zero-order valence-electron chi connectivity index (χ0n) is 9.66. The van der Waals surface area contributed by atoms with Gasteiger partial charge in [0.25, 0.3) is 0 Å². The van der Waals surface area contributed by atoms with Gasteiger partial charge in [-0.2, -0.15) is 0 Å². The number of carbonyl (C=O) groups excluding carboxylic acids is 1. The van der Waals surface area contributed by atoms with Crippen LogP contribution in [0, 0.1) is 5.92 Å². The fraction of sp³-hybridized carbons (Fsp3) is 0.308. The van der Waals surface area contributed by atoms with Crippen molar-refractivity contribution in [1.29, 1.82) is 0 Å². The molecule has 1 aromatic rings. The van der Waals surface area contributed by atoms with Crippen molar-refractivity contribution in [2.75, 3.05) is 7.11 Å². The summed E-state index contributed by atoms with van der Waals surface area (Å²) in [5.74, 6) is 0.920. The second-order valence-corrected chi connectivity index (χ2v) is 4.64. The highest BCUT2D eigenvalue weighted by Gasteiger charge is 2.10. The molecule has 0 amide bonds. The molecule has 0 fully saturated rings. The van der Waals surface area contributed by atoms with E-state index in [1.165, 1.54) is 0 Å². The van der Waals surface area contributed by atoms with Gasteiger partial charge in [0.05, 0.1) is 11.6 Å². The standard InChI is InChI=1S/C13H15BrO2/c1-9(2)13(15)12(14)8-10-4-6-11(16-3)7-5-10/h4-9H,1-3H3/b12-8-. The first-order chi connectivity index (χ1) is 7.54. The second kappa shape index (κ2) is 5.85. The molecule has 1 aromatic carbocycles. The molecule has 0 aliphatic carbocycles. The molecular weight excluding hydrogens is 268 g/mol. The van der Waals surface area contributed by atoms with Crippen LogP contribution in [0.2, 0.25) is 0 Å². The van der Waals surface area contributed by atoms with Gasteiger partial charge in [0.15, 0.2) is 5.78 Å². The Morgan fingerprint density at radius 3 is 2.31 bits per heavy atom. The number of ketones is 1. The highest BCUT2D eigenvalue weighted by molar-refractivity contribution is 9.12. The van der Waals surface area contributed by atoms with Crippen LogP contribution in [0.3, 0.4) is 0 Å². The average Bonchev–Trinajstić information content (AvgIpc) is 2.28. The molecule has 0 bridgehead atoms. The van der Waals surface area contributed by atoms with E-state index in [1.54, 1.807) is 7.11 Å². The van der Waals surface area contributed by atoms with Crippen molar-refractivity contribution in [3.63, 3.8) is 0 Å². The lowest BCUT2D eigenvalue weighted by molar-refractivity contribution is -0.117. The Morgan fingerprint density at radius 1 is 1.31 bits per heavy atom. The van der Waals surface area contributed by atoms with Crippen molar-refractivity contribution in [1.82, 2.24) is 0 Å². The summed E-state index contributed by atoms with van der Waals surface area (Å²) in [6.45, 7) is 3.76. The van der Waals surface area contributed by atoms with Crippen molar-refractivity contribution < 1.29 is 9.53 Å². The number of rotatable bonds is 4. The molecule has 0 atom stereocenters. The molecule has 3 heteroatoms. The molecule has 0 N–H and O–H groups in total. The molecule has 16 heavy (non-hydrogen) atoms. The molecule has 86 valence electrons. The first-order valence-corrected chi connectivity index (χ1v) is 5.89. The van der Waals surface area contributed by atoms with Gasteiger partial charge in [-0.15, -0.1) is 0 Å². The van der Waals surface area contributed by atoms with Gasteiger partial charge in [-0.1, -0.05) is 26.0 Å². The number of hydrogen-bond acceptors (Lipinski definition) is 2. The van der Waals surface area contributed by atoms with Crippen molar-refractivity contribution in [3.8, 4) is 5.75 Å². The monoisotopic (exact) mass is 282 g/mol. The fourth-order valence-corrected chi connectivity index (χ4v) is 1.92. The summed E-state index contributed by atoms with van der Waals surface area (Å²) >= 11 is 3.30. The SMILES string of the molecule is COc1ccc(/C=C(\Br)C(=O)C(C)C)cc1. The van der Waals surface area contributed by atoms with Crippen LogP contribution in [-0.4, -0.2) is 12.9 Å². The number of allylic oxidation sites excluding steroid dienone is 1. The number of hydrogen-bond donors (Lipinski definition) is 0. The van der Waals surface area contributed by atoms with Crippen LogP contribution in [0.15, 0.2) is 28.7 Å². The van der Waals surface area contributed by atoms with E-state index in [4.69, 9.17) is 4.74 Å². The molecule has 0 unspecified atom stereocenters. The lowest BCUT2D eigenvalue weighted by Crippen LogP contribution is -2.05. The van der Waals surface area contributed by atoms with Crippen molar-refractivity contribution in [2.24, 2.45) is 5.92 Å². The Kier molecular flexibility index (Phi) is 4.74. The van der Waals surface area contributed by atoms with Gasteiger partial charge in [-0.3, -0.25) is 4.79 Å². The highest BCUT2D eigenvalue weighted by atomic mass is 79.9. The van der Waals surface area contributed by atoms with Crippen molar-refractivity contribution in [3.05, 3.63) is 34.3 Å². The Morgan fingerprint density at radius 2 is 1.88 bits per heavy atom. The largest absolute Gasteiger partial charge is 0.497 e. The van der Waals surface area contributed by atoms with Crippen molar-refractivity contribution >= 4 is 27.8 Å². The molecule has 0 heterocycles. The van der Waals surface area contributed by atoms with Gasteiger partial charge in [0.1, 0.15) is 5.75 Å². The highest BCUT2D eigenvalue weighted by Crippen LogP contribution is 2.19. The zero-order chi connectivity index (χ0) is 12.1. The number of methoxy groups -OCH3 is 1. The summed E-state index contributed by atoms with van der Waals surface area (Å²) in [4.78, 5) is 11.6. The predicted molar refractivity (Wildman–Crippen MR) is 69.7 cm³/mol. The van der Waals surface area contributed by atoms with E-state index in [-0.39, 0.29) is 11.7 Å². The molecule has 0 saturated carbocycles. The molecule has 0 saturated heterocycles. The van der Waals surface area contributed by atoms with Gasteiger partial charge >= 0.3 is 0 Å². The maximum absolute atomic E-state index is 11.6. The molecule has 0 aliphatic rings. The topological polar surface area (TPSA) is 26.3 Å². The summed E-state index contributed by atoms with van der Waals surface area (Å²) in [5, 5.41) is 0. The minimum atomic E-state index is 0.00359. The van der Waals surface area contributed by atoms with E-state index in [9.17, 15) is 4.79 Å². The first-order valence-electron chi connectivity index (χ1n) is 5.10. The third kappa shape index (κ3) is 3.49. The molecule has 0 spiro atoms. The number of benzene rings is 1. The van der Waals surface area contributed by atoms with Gasteiger partial charge in [-0.25, -0.2) is 0 Å². The van der Waals surface area contributed by atoms with Gasteiger partial charge in [0.2, 0.25) is 0 Å². The van der Waals surface area contributed by atoms with Crippen LogP contribution in [0.1, 0.15) is 19.4 Å². The Labute approximate surface area is 104 Å². The van der Waals surface area contributed by atoms with E-state index >= 15 is 0 Å². The summed E-state index contributed by atoms with van der Waals surface area (Å²) < 4.78 is 5.66. The molecule has 0 aliphatic heterocycles. The Bertz CT molecular complexity index is 391. The van der Waals surface area contributed by atoms with Crippen LogP contribution in [0.4, 0.5) is 0 Å². The minimum Gasteiger partial charge on any atom is -0.497 e. The Hall–Kier alpha value is -1.09. The van der Waals surface area contributed by atoms with Crippen LogP contribution in [0.25, 0.3) is 6.08 Å². The van der Waals surface area contributed by atoms with Crippen molar-refractivity contribution in [2.45, 2.75) is 13.8 Å². The van der Waals surface area contributed by atoms with E-state index in [0.717, 1.165) is 11.3 Å². The summed E-state index contributed by atoms with van der Waals surface area (Å²) in [5.41, 5.74) is 0.974. The summed E-state index contributed by atoms with van der Waals surface area (Å²) in [7, 11) is 1.63. The quantitative estimate of drug-likeness (QED) is 0.788. The normalized spacial score (nSPS) is 11.7. The van der Waals surface area contributed by atoms with Gasteiger partial charge < -0.3 is 4.74 Å². The molecular formula is C13H15BrO2. The smallest absolute Gasteiger partial charge is 0.172 e. The lowest BCUT2D eigenvalue weighted by atomic mass is 10.1. The van der Waals surface area contributed by atoms with E-state index in [2.05, 4.69) is 15.9 Å². The maximum Gasteiger partial charge on any atom is 0.172 e. The predicted octanol–water partition coefficient (Wildman–Crippen LogP) is 3.66. The molecule has 0 aromatic heterocycles. The second-order valence-electron chi connectivity index (χ2n) is 3.78. The van der Waals surface area contributed by atoms with E-state index < -0.39 is 0 Å². The van der Waals surface area contributed by atoms with Crippen LogP contribution in [0.5, 0.6) is 5.75 Å². The minimum absolute atomic E-state index is 0.00359. The average molecular weight is 283 g/mol. The fourth-order valence-electron chi connectivity index (χ4n) is 1.19. The lowest BCUT2D eigenvalue weighted by Gasteiger charge is -2.03. The maximum atomic E-state index is 11.6. The molecule has 0 radical (unpaired) electrons. The van der Waals surface area contributed by atoms with E-state index in [1.807, 2.05) is 44.2 Å². The van der Waals surface area contributed by atoms with Gasteiger partial charge in [-0.05, 0) is 39.7 Å². The first kappa shape index (κ1) is 13.0. The zero-order valence-corrected chi connectivity index (χ0v) is 11.2.